The molecule has 2 amide bonds. The number of nitrogens with one attached hydrogen (secondary N) is 1. The molecule has 1 N–H and O–H groups in total. The van der Waals surface area contributed by atoms with Gasteiger partial charge in [-0.05, 0) is 55.2 Å². The maximum Gasteiger partial charge on any atom is 0.243 e. The Morgan fingerprint density at radius 3 is 2.55 bits per heavy atom. The Morgan fingerprint density at radius 2 is 1.88 bits per heavy atom. The Balaban J connectivity index is 1.34. The SMILES string of the molecule is O=C(Nc1cccc(CN2CCCC2=O)c1)C1CCN(S(=O)(=O)c2ccc(F)c(Cl)c2)CC1. The van der Waals surface area contributed by atoms with Gasteiger partial charge in [0, 0.05) is 44.2 Å². The van der Waals surface area contributed by atoms with Crippen molar-refractivity contribution in [2.24, 2.45) is 5.92 Å². The van der Waals surface area contributed by atoms with Crippen molar-refractivity contribution in [1.29, 1.82) is 0 Å². The summed E-state index contributed by atoms with van der Waals surface area (Å²) >= 11 is 5.74. The molecule has 2 saturated heterocycles. The van der Waals surface area contributed by atoms with Gasteiger partial charge in [-0.25, -0.2) is 12.8 Å². The molecule has 2 heterocycles. The lowest BCUT2D eigenvalue weighted by Gasteiger charge is -2.30. The number of likely N-dealkylation sites (tertiary alicyclic amines) is 1. The number of carbonyl (C=O) groups is 2. The largest absolute Gasteiger partial charge is 0.338 e. The second-order valence-corrected chi connectivity index (χ2v) is 10.7. The van der Waals surface area contributed by atoms with Crippen LogP contribution in [0.4, 0.5) is 10.1 Å². The molecule has 0 radical (unpaired) electrons. The summed E-state index contributed by atoms with van der Waals surface area (Å²) in [4.78, 5) is 26.4. The average molecular weight is 494 g/mol. The molecule has 4 rings (SSSR count). The molecule has 2 fully saturated rings. The number of anilines is 1. The number of hydrogen-bond acceptors (Lipinski definition) is 4. The van der Waals surface area contributed by atoms with Crippen LogP contribution in [-0.2, 0) is 26.2 Å². The molecule has 7 nitrogen and oxygen atoms in total. The topological polar surface area (TPSA) is 86.8 Å². The molecule has 0 aromatic heterocycles. The van der Waals surface area contributed by atoms with Gasteiger partial charge in [-0.15, -0.1) is 0 Å². The van der Waals surface area contributed by atoms with Crippen molar-refractivity contribution in [2.75, 3.05) is 25.0 Å². The van der Waals surface area contributed by atoms with E-state index >= 15 is 0 Å². The molecule has 2 aromatic carbocycles. The zero-order chi connectivity index (χ0) is 23.6. The summed E-state index contributed by atoms with van der Waals surface area (Å²) in [5.74, 6) is -1.01. The summed E-state index contributed by atoms with van der Waals surface area (Å²) in [7, 11) is -3.81. The van der Waals surface area contributed by atoms with Crippen LogP contribution in [0.15, 0.2) is 47.4 Å². The van der Waals surface area contributed by atoms with Crippen molar-refractivity contribution in [3.63, 3.8) is 0 Å². The molecule has 33 heavy (non-hydrogen) atoms. The minimum atomic E-state index is -3.81. The summed E-state index contributed by atoms with van der Waals surface area (Å²) in [5.41, 5.74) is 1.60. The number of nitrogens with zero attached hydrogens (tertiary/aromatic N) is 2. The monoisotopic (exact) mass is 493 g/mol. The fourth-order valence-corrected chi connectivity index (χ4v) is 5.97. The summed E-state index contributed by atoms with van der Waals surface area (Å²) in [6.45, 7) is 1.65. The normalized spacial score (nSPS) is 18.0. The molecule has 176 valence electrons. The zero-order valence-electron chi connectivity index (χ0n) is 18.0. The van der Waals surface area contributed by atoms with Crippen molar-refractivity contribution >= 4 is 39.1 Å². The third kappa shape index (κ3) is 5.37. The summed E-state index contributed by atoms with van der Waals surface area (Å²) in [6.07, 6.45) is 2.21. The molecular weight excluding hydrogens is 469 g/mol. The molecule has 0 atom stereocenters. The van der Waals surface area contributed by atoms with Gasteiger partial charge in [0.2, 0.25) is 21.8 Å². The summed E-state index contributed by atoms with van der Waals surface area (Å²) in [6, 6.07) is 10.8. The van der Waals surface area contributed by atoms with Gasteiger partial charge in [-0.2, -0.15) is 4.31 Å². The lowest BCUT2D eigenvalue weighted by molar-refractivity contribution is -0.128. The zero-order valence-corrected chi connectivity index (χ0v) is 19.5. The van der Waals surface area contributed by atoms with Crippen molar-refractivity contribution in [2.45, 2.75) is 37.1 Å². The summed E-state index contributed by atoms with van der Waals surface area (Å²) in [5, 5.41) is 2.67. The van der Waals surface area contributed by atoms with E-state index in [1.807, 2.05) is 23.1 Å². The third-order valence-corrected chi connectivity index (χ3v) is 8.28. The molecule has 0 bridgehead atoms. The van der Waals surface area contributed by atoms with E-state index in [-0.39, 0.29) is 40.7 Å². The molecule has 2 aliphatic heterocycles. The lowest BCUT2D eigenvalue weighted by Crippen LogP contribution is -2.41. The molecule has 0 unspecified atom stereocenters. The minimum Gasteiger partial charge on any atom is -0.338 e. The molecule has 0 saturated carbocycles. The van der Waals surface area contributed by atoms with E-state index in [1.165, 1.54) is 10.4 Å². The molecular formula is C23H25ClFN3O4S. The second kappa shape index (κ2) is 9.79. The maximum absolute atomic E-state index is 13.4. The Bertz CT molecular complexity index is 1170. The Labute approximate surface area is 197 Å². The van der Waals surface area contributed by atoms with Gasteiger partial charge in [0.1, 0.15) is 5.82 Å². The smallest absolute Gasteiger partial charge is 0.243 e. The maximum atomic E-state index is 13.4. The molecule has 2 aromatic rings. The van der Waals surface area contributed by atoms with E-state index in [2.05, 4.69) is 5.32 Å². The Kier molecular flexibility index (Phi) is 7.02. The standard InChI is InChI=1S/C23H25ClFN3O4S/c24-20-14-19(6-7-21(20)25)33(31,32)28-11-8-17(9-12-28)23(30)26-18-4-1-3-16(13-18)15-27-10-2-5-22(27)29/h1,3-4,6-7,13-14,17H,2,5,8-12,15H2,(H,26,30). The van der Waals surface area contributed by atoms with Crippen LogP contribution in [0.1, 0.15) is 31.2 Å². The van der Waals surface area contributed by atoms with E-state index in [0.717, 1.165) is 30.7 Å². The van der Waals surface area contributed by atoms with Crippen LogP contribution < -0.4 is 5.32 Å². The van der Waals surface area contributed by atoms with Crippen molar-refractivity contribution in [1.82, 2.24) is 9.21 Å². The first-order valence-electron chi connectivity index (χ1n) is 10.9. The van der Waals surface area contributed by atoms with E-state index in [9.17, 15) is 22.4 Å². The quantitative estimate of drug-likeness (QED) is 0.665. The van der Waals surface area contributed by atoms with E-state index in [0.29, 0.717) is 31.5 Å². The molecule has 0 aliphatic carbocycles. The number of halogens is 2. The van der Waals surface area contributed by atoms with Crippen LogP contribution in [0.2, 0.25) is 5.02 Å². The van der Waals surface area contributed by atoms with Crippen LogP contribution in [-0.4, -0.2) is 49.1 Å². The van der Waals surface area contributed by atoms with Gasteiger partial charge in [0.25, 0.3) is 0 Å². The number of rotatable bonds is 6. The number of piperidine rings is 1. The van der Waals surface area contributed by atoms with Crippen molar-refractivity contribution in [3.05, 3.63) is 58.9 Å². The Morgan fingerprint density at radius 1 is 1.12 bits per heavy atom. The van der Waals surface area contributed by atoms with E-state index < -0.39 is 15.8 Å². The predicted molar refractivity (Wildman–Crippen MR) is 123 cm³/mol. The van der Waals surface area contributed by atoms with Gasteiger partial charge >= 0.3 is 0 Å². The van der Waals surface area contributed by atoms with Gasteiger partial charge in [-0.1, -0.05) is 23.7 Å². The van der Waals surface area contributed by atoms with Crippen molar-refractivity contribution < 1.29 is 22.4 Å². The fourth-order valence-electron chi connectivity index (χ4n) is 4.23. The highest BCUT2D eigenvalue weighted by Gasteiger charge is 2.32. The molecule has 0 spiro atoms. The fraction of sp³-hybridized carbons (Fsp3) is 0.391. The highest BCUT2D eigenvalue weighted by molar-refractivity contribution is 7.89. The first kappa shape index (κ1) is 23.7. The van der Waals surface area contributed by atoms with Gasteiger partial charge in [0.05, 0.1) is 9.92 Å². The third-order valence-electron chi connectivity index (χ3n) is 6.09. The highest BCUT2D eigenvalue weighted by Crippen LogP contribution is 2.27. The van der Waals surface area contributed by atoms with Crippen LogP contribution in [0, 0.1) is 11.7 Å². The van der Waals surface area contributed by atoms with Crippen LogP contribution in [0.25, 0.3) is 0 Å². The average Bonchev–Trinajstić information content (AvgIpc) is 3.20. The van der Waals surface area contributed by atoms with Crippen LogP contribution in [0.3, 0.4) is 0 Å². The van der Waals surface area contributed by atoms with Crippen molar-refractivity contribution in [3.8, 4) is 0 Å². The molecule has 2 aliphatic rings. The van der Waals surface area contributed by atoms with E-state index in [4.69, 9.17) is 11.6 Å². The minimum absolute atomic E-state index is 0.0647. The van der Waals surface area contributed by atoms with E-state index in [1.54, 1.807) is 6.07 Å². The lowest BCUT2D eigenvalue weighted by atomic mass is 9.97. The summed E-state index contributed by atoms with van der Waals surface area (Å²) < 4.78 is 40.4. The second-order valence-electron chi connectivity index (χ2n) is 8.36. The number of sulfonamides is 1. The highest BCUT2D eigenvalue weighted by atomic mass is 35.5. The number of hydrogen-bond donors (Lipinski definition) is 1. The predicted octanol–water partition coefficient (Wildman–Crippen LogP) is 3.64. The van der Waals surface area contributed by atoms with Gasteiger partial charge < -0.3 is 10.2 Å². The van der Waals surface area contributed by atoms with Crippen LogP contribution in [0.5, 0.6) is 0 Å². The number of benzene rings is 2. The number of carbonyl (C=O) groups excluding carboxylic acids is 2. The molecule has 10 heteroatoms. The van der Waals surface area contributed by atoms with Gasteiger partial charge in [0.15, 0.2) is 0 Å². The number of amides is 2. The van der Waals surface area contributed by atoms with Crippen LogP contribution >= 0.6 is 11.6 Å². The first-order valence-corrected chi connectivity index (χ1v) is 12.7. The van der Waals surface area contributed by atoms with Gasteiger partial charge in [-0.3, -0.25) is 9.59 Å². The first-order chi connectivity index (χ1) is 15.7. The Hall–Kier alpha value is -2.49.